The predicted molar refractivity (Wildman–Crippen MR) is 115 cm³/mol. The molecule has 7 nitrogen and oxygen atoms in total. The van der Waals surface area contributed by atoms with E-state index in [-0.39, 0.29) is 28.7 Å². The first-order valence-electron chi connectivity index (χ1n) is 10.3. The van der Waals surface area contributed by atoms with E-state index >= 15 is 0 Å². The number of carbonyl (C=O) groups excluding carboxylic acids is 2. The molecule has 164 valence electrons. The van der Waals surface area contributed by atoms with E-state index in [1.807, 2.05) is 0 Å². The fourth-order valence-corrected chi connectivity index (χ4v) is 5.56. The molecule has 0 atom stereocenters. The Morgan fingerprint density at radius 1 is 1.03 bits per heavy atom. The summed E-state index contributed by atoms with van der Waals surface area (Å²) in [4.78, 5) is 29.1. The number of benzene rings is 2. The van der Waals surface area contributed by atoms with Crippen molar-refractivity contribution < 1.29 is 22.4 Å². The highest BCUT2D eigenvalue weighted by atomic mass is 32.2. The fourth-order valence-electron chi connectivity index (χ4n) is 3.98. The van der Waals surface area contributed by atoms with E-state index < -0.39 is 21.9 Å². The zero-order chi connectivity index (χ0) is 22.2. The Balaban J connectivity index is 1.75. The van der Waals surface area contributed by atoms with E-state index in [9.17, 15) is 22.4 Å². The molecule has 0 aromatic heterocycles. The van der Waals surface area contributed by atoms with E-state index in [4.69, 9.17) is 0 Å². The van der Waals surface area contributed by atoms with Crippen LogP contribution in [0.25, 0.3) is 0 Å². The van der Waals surface area contributed by atoms with Crippen molar-refractivity contribution in [2.24, 2.45) is 0 Å². The minimum atomic E-state index is -4.26. The normalized spacial score (nSPS) is 18.5. The molecule has 0 saturated carbocycles. The Morgan fingerprint density at radius 2 is 1.71 bits per heavy atom. The molecule has 0 radical (unpaired) electrons. The average Bonchev–Trinajstić information content (AvgIpc) is 3.03. The van der Waals surface area contributed by atoms with Crippen molar-refractivity contribution in [1.29, 1.82) is 0 Å². The number of nitrogens with zero attached hydrogens (tertiary/aromatic N) is 3. The number of sulfonamides is 1. The molecule has 2 aromatic carbocycles. The number of anilines is 2. The summed E-state index contributed by atoms with van der Waals surface area (Å²) in [5.41, 5.74) is 0.383. The molecule has 0 spiro atoms. The van der Waals surface area contributed by atoms with E-state index in [1.165, 1.54) is 29.2 Å². The molecule has 0 unspecified atom stereocenters. The minimum Gasteiger partial charge on any atom is -0.341 e. The van der Waals surface area contributed by atoms with Crippen LogP contribution in [0.15, 0.2) is 47.4 Å². The second-order valence-electron chi connectivity index (χ2n) is 7.83. The van der Waals surface area contributed by atoms with Gasteiger partial charge in [0.15, 0.2) is 0 Å². The van der Waals surface area contributed by atoms with E-state index in [2.05, 4.69) is 0 Å². The number of para-hydroxylation sites is 1. The first-order chi connectivity index (χ1) is 14.8. The van der Waals surface area contributed by atoms with Crippen molar-refractivity contribution in [1.82, 2.24) is 4.90 Å². The van der Waals surface area contributed by atoms with E-state index in [0.29, 0.717) is 23.0 Å². The van der Waals surface area contributed by atoms with E-state index in [1.54, 1.807) is 24.0 Å². The van der Waals surface area contributed by atoms with Crippen LogP contribution < -0.4 is 9.21 Å². The maximum absolute atomic E-state index is 14.2. The molecule has 2 aliphatic rings. The smallest absolute Gasteiger partial charge is 0.341 e. The molecule has 0 aliphatic carbocycles. The quantitative estimate of drug-likeness (QED) is 0.722. The van der Waals surface area contributed by atoms with Gasteiger partial charge in [0.05, 0.1) is 11.4 Å². The number of carbonyl (C=O) groups is 2. The van der Waals surface area contributed by atoms with Crippen LogP contribution in [0, 0.1) is 12.7 Å². The van der Waals surface area contributed by atoms with Gasteiger partial charge in [0.1, 0.15) is 17.3 Å². The second-order valence-corrected chi connectivity index (χ2v) is 9.59. The van der Waals surface area contributed by atoms with Gasteiger partial charge >= 0.3 is 6.03 Å². The van der Waals surface area contributed by atoms with Gasteiger partial charge in [0, 0.05) is 13.1 Å². The summed E-state index contributed by atoms with van der Waals surface area (Å²) in [7, 11) is -4.26. The average molecular weight is 446 g/mol. The van der Waals surface area contributed by atoms with Crippen LogP contribution in [-0.2, 0) is 14.8 Å². The number of urea groups is 1. The van der Waals surface area contributed by atoms with Crippen molar-refractivity contribution in [2.45, 2.75) is 37.5 Å². The lowest BCUT2D eigenvalue weighted by molar-refractivity contribution is -0.129. The summed E-state index contributed by atoms with van der Waals surface area (Å²) in [6, 6.07) is 8.99. The van der Waals surface area contributed by atoms with Crippen LogP contribution in [0.5, 0.6) is 0 Å². The van der Waals surface area contributed by atoms with Crippen LogP contribution in [0.2, 0.25) is 0 Å². The van der Waals surface area contributed by atoms with Crippen molar-refractivity contribution >= 4 is 33.3 Å². The molecule has 3 amide bonds. The minimum absolute atomic E-state index is 0.0979. The lowest BCUT2D eigenvalue weighted by Gasteiger charge is -2.36. The topological polar surface area (TPSA) is 78.0 Å². The van der Waals surface area contributed by atoms with Crippen LogP contribution >= 0.6 is 0 Å². The molecule has 2 heterocycles. The lowest BCUT2D eigenvalue weighted by atomic mass is 10.2. The summed E-state index contributed by atoms with van der Waals surface area (Å²) in [5.74, 6) is -0.856. The third-order valence-electron chi connectivity index (χ3n) is 5.72. The number of fused-ring (bicyclic) bond motifs is 1. The Hall–Kier alpha value is -2.94. The van der Waals surface area contributed by atoms with Crippen molar-refractivity contribution in [3.8, 4) is 0 Å². The number of halogens is 1. The Labute approximate surface area is 181 Å². The number of aryl methyl sites for hydroxylation is 1. The fraction of sp³-hybridized carbons (Fsp3) is 0.364. The third kappa shape index (κ3) is 3.89. The number of amides is 3. The van der Waals surface area contributed by atoms with Gasteiger partial charge in [-0.1, -0.05) is 31.0 Å². The largest absolute Gasteiger partial charge is 0.343 e. The number of hydrogen-bond acceptors (Lipinski definition) is 4. The van der Waals surface area contributed by atoms with E-state index in [0.717, 1.165) is 31.7 Å². The van der Waals surface area contributed by atoms with Gasteiger partial charge < -0.3 is 4.90 Å². The maximum Gasteiger partial charge on any atom is 0.343 e. The molecule has 4 rings (SSSR count). The Bertz CT molecular complexity index is 1130. The number of rotatable bonds is 3. The molecule has 9 heteroatoms. The first kappa shape index (κ1) is 21.3. The Kier molecular flexibility index (Phi) is 5.70. The molecule has 1 fully saturated rings. The van der Waals surface area contributed by atoms with Gasteiger partial charge in [0.2, 0.25) is 5.91 Å². The summed E-state index contributed by atoms with van der Waals surface area (Å²) in [6.45, 7) is 2.50. The summed E-state index contributed by atoms with van der Waals surface area (Å²) >= 11 is 0. The van der Waals surface area contributed by atoms with Gasteiger partial charge in [-0.25, -0.2) is 17.6 Å². The van der Waals surface area contributed by atoms with Crippen LogP contribution in [0.4, 0.5) is 20.6 Å². The van der Waals surface area contributed by atoms with Crippen molar-refractivity contribution in [3.63, 3.8) is 0 Å². The van der Waals surface area contributed by atoms with Gasteiger partial charge in [-0.2, -0.15) is 4.31 Å². The van der Waals surface area contributed by atoms with Crippen LogP contribution in [0.3, 0.4) is 0 Å². The van der Waals surface area contributed by atoms with Gasteiger partial charge in [0.25, 0.3) is 10.0 Å². The molecule has 0 N–H and O–H groups in total. The van der Waals surface area contributed by atoms with Gasteiger partial charge in [-0.3, -0.25) is 9.69 Å². The van der Waals surface area contributed by atoms with Crippen LogP contribution in [-0.4, -0.2) is 44.9 Å². The molecule has 2 aromatic rings. The molecule has 2 aliphatic heterocycles. The monoisotopic (exact) mass is 445 g/mol. The zero-order valence-electron chi connectivity index (χ0n) is 17.3. The molecule has 31 heavy (non-hydrogen) atoms. The molecule has 1 saturated heterocycles. The summed E-state index contributed by atoms with van der Waals surface area (Å²) in [6.07, 6.45) is 3.92. The highest BCUT2D eigenvalue weighted by Crippen LogP contribution is 2.37. The molecular formula is C22H24FN3O4S. The Morgan fingerprint density at radius 3 is 2.39 bits per heavy atom. The maximum atomic E-state index is 14.2. The zero-order valence-corrected chi connectivity index (χ0v) is 18.1. The van der Waals surface area contributed by atoms with Gasteiger partial charge in [-0.15, -0.1) is 0 Å². The second kappa shape index (κ2) is 8.30. The first-order valence-corrected chi connectivity index (χ1v) is 11.7. The number of likely N-dealkylation sites (tertiary alicyclic amines) is 1. The van der Waals surface area contributed by atoms with Crippen LogP contribution in [0.1, 0.15) is 31.2 Å². The summed E-state index contributed by atoms with van der Waals surface area (Å²) in [5, 5.41) is 0. The molecular weight excluding hydrogens is 421 g/mol. The summed E-state index contributed by atoms with van der Waals surface area (Å²) < 4.78 is 41.3. The standard InChI is InChI=1S/C22H24FN3O4S/c1-16-10-11-17(14-18(16)23)26-22(28)25(15-21(27)24-12-6-2-3-7-13-24)19-8-4-5-9-20(19)31(26,29)30/h4-5,8-11,14H,2-3,6-7,12-13,15H2,1H3. The third-order valence-corrected chi connectivity index (χ3v) is 7.47. The highest BCUT2D eigenvalue weighted by molar-refractivity contribution is 7.94. The SMILES string of the molecule is Cc1ccc(N2C(=O)N(CC(=O)N3CCCCCC3)c3ccccc3S2(=O)=O)cc1F. The highest BCUT2D eigenvalue weighted by Gasteiger charge is 2.43. The van der Waals surface area contributed by atoms with Crippen molar-refractivity contribution in [2.75, 3.05) is 28.8 Å². The predicted octanol–water partition coefficient (Wildman–Crippen LogP) is 3.67. The van der Waals surface area contributed by atoms with Crippen molar-refractivity contribution in [3.05, 3.63) is 53.8 Å². The lowest BCUT2D eigenvalue weighted by Crippen LogP contribution is -2.54. The van der Waals surface area contributed by atoms with Gasteiger partial charge in [-0.05, 0) is 49.6 Å². The number of hydrogen-bond donors (Lipinski definition) is 0. The molecule has 0 bridgehead atoms.